The fourth-order valence-electron chi connectivity index (χ4n) is 3.14. The van der Waals surface area contributed by atoms with Crippen LogP contribution in [0.15, 0.2) is 77.7 Å². The van der Waals surface area contributed by atoms with Crippen LogP contribution in [0.3, 0.4) is 0 Å². The molecule has 1 unspecified atom stereocenters. The predicted octanol–water partition coefficient (Wildman–Crippen LogP) is 4.12. The molecule has 0 aliphatic rings. The van der Waals surface area contributed by atoms with Crippen LogP contribution >= 0.6 is 0 Å². The van der Waals surface area contributed by atoms with Gasteiger partial charge in [0.25, 0.3) is 0 Å². The minimum Gasteiger partial charge on any atom is -0.481 e. The van der Waals surface area contributed by atoms with Gasteiger partial charge in [0.05, 0.1) is 4.90 Å². The number of benzene rings is 3. The van der Waals surface area contributed by atoms with Crippen molar-refractivity contribution in [2.45, 2.75) is 10.8 Å². The molecule has 6 heteroatoms. The number of aliphatic carboxylic acids is 1. The molecule has 3 aromatic rings. The van der Waals surface area contributed by atoms with Crippen molar-refractivity contribution in [2.75, 3.05) is 6.26 Å². The molecule has 1 radical (unpaired) electrons. The highest BCUT2D eigenvalue weighted by molar-refractivity contribution is 7.90. The molecule has 0 aliphatic heterocycles. The lowest BCUT2D eigenvalue weighted by atomic mass is 9.85. The van der Waals surface area contributed by atoms with Gasteiger partial charge in [0.15, 0.2) is 15.6 Å². The van der Waals surface area contributed by atoms with Crippen LogP contribution in [0.2, 0.25) is 0 Å². The summed E-state index contributed by atoms with van der Waals surface area (Å²) in [7, 11) is -3.54. The fraction of sp³-hybridized carbons (Fsp3) is 0.0952. The van der Waals surface area contributed by atoms with Gasteiger partial charge >= 0.3 is 5.97 Å². The summed E-state index contributed by atoms with van der Waals surface area (Å²) in [5.74, 6) is -2.56. The first-order valence-electron chi connectivity index (χ1n) is 8.17. The normalized spacial score (nSPS) is 12.5. The molecule has 0 aliphatic carbocycles. The summed E-state index contributed by atoms with van der Waals surface area (Å²) in [6, 6.07) is 19.0. The van der Waals surface area contributed by atoms with E-state index in [0.717, 1.165) is 6.26 Å². The van der Waals surface area contributed by atoms with Gasteiger partial charge in [0.1, 0.15) is 5.92 Å². The summed E-state index contributed by atoms with van der Waals surface area (Å²) in [4.78, 5) is 12.1. The van der Waals surface area contributed by atoms with Gasteiger partial charge in [-0.2, -0.15) is 0 Å². The van der Waals surface area contributed by atoms with Gasteiger partial charge in [0, 0.05) is 11.8 Å². The minimum absolute atomic E-state index is 0.0853. The fourth-order valence-corrected chi connectivity index (χ4v) is 4.04. The average Bonchev–Trinajstić information content (AvgIpc) is 2.62. The van der Waals surface area contributed by atoms with Crippen molar-refractivity contribution in [3.63, 3.8) is 0 Å². The van der Waals surface area contributed by atoms with Crippen LogP contribution in [0.4, 0.5) is 0 Å². The molecule has 5 nitrogen and oxygen atoms in total. The van der Waals surface area contributed by atoms with E-state index in [1.54, 1.807) is 48.5 Å². The molecule has 0 amide bonds. The van der Waals surface area contributed by atoms with Crippen LogP contribution in [0.1, 0.15) is 17.0 Å². The van der Waals surface area contributed by atoms with E-state index in [2.05, 4.69) is 0 Å². The van der Waals surface area contributed by atoms with Gasteiger partial charge in [-0.3, -0.25) is 9.90 Å². The summed E-state index contributed by atoms with van der Waals surface area (Å²) >= 11 is 0. The van der Waals surface area contributed by atoms with E-state index in [4.69, 9.17) is 0 Å². The maximum atomic E-state index is 12.2. The molecule has 27 heavy (non-hydrogen) atoms. The van der Waals surface area contributed by atoms with Crippen LogP contribution in [-0.4, -0.2) is 25.7 Å². The molecular formula is C21H17O5S. The Labute approximate surface area is 157 Å². The Morgan fingerprint density at radius 3 is 2.15 bits per heavy atom. The van der Waals surface area contributed by atoms with Crippen LogP contribution in [0.5, 0.6) is 5.75 Å². The highest BCUT2D eigenvalue weighted by Gasteiger charge is 2.27. The summed E-state index contributed by atoms with van der Waals surface area (Å²) in [5, 5.41) is 21.9. The maximum Gasteiger partial charge on any atom is 0.315 e. The highest BCUT2D eigenvalue weighted by atomic mass is 32.2. The zero-order valence-electron chi connectivity index (χ0n) is 14.5. The summed E-state index contributed by atoms with van der Waals surface area (Å²) in [5.41, 5.74) is 1.55. The molecular weight excluding hydrogens is 364 g/mol. The Morgan fingerprint density at radius 1 is 0.889 bits per heavy atom. The first-order valence-corrected chi connectivity index (χ1v) is 10.1. The zero-order valence-corrected chi connectivity index (χ0v) is 15.3. The second kappa shape index (κ2) is 7.25. The smallest absolute Gasteiger partial charge is 0.315 e. The summed E-state index contributed by atoms with van der Waals surface area (Å²) in [6.45, 7) is 0. The van der Waals surface area contributed by atoms with Gasteiger partial charge in [-0.1, -0.05) is 54.6 Å². The largest absolute Gasteiger partial charge is 0.481 e. The van der Waals surface area contributed by atoms with Crippen LogP contribution in [0.25, 0.3) is 11.1 Å². The van der Waals surface area contributed by atoms with Gasteiger partial charge in [-0.05, 0) is 34.9 Å². The number of carbonyl (C=O) groups is 1. The van der Waals surface area contributed by atoms with E-state index in [9.17, 15) is 23.4 Å². The molecule has 0 bridgehead atoms. The molecule has 3 rings (SSSR count). The van der Waals surface area contributed by atoms with Crippen molar-refractivity contribution in [1.29, 1.82) is 0 Å². The maximum absolute atomic E-state index is 12.2. The van der Waals surface area contributed by atoms with Crippen molar-refractivity contribution in [2.24, 2.45) is 0 Å². The number of carboxylic acid groups (broad SMARTS) is 1. The number of hydrogen-bond acceptors (Lipinski definition) is 3. The van der Waals surface area contributed by atoms with Crippen LogP contribution in [0, 0.1) is 0 Å². The number of carboxylic acids is 1. The molecule has 1 N–H and O–H groups in total. The second-order valence-corrected chi connectivity index (χ2v) is 8.18. The lowest BCUT2D eigenvalue weighted by Crippen LogP contribution is -2.14. The van der Waals surface area contributed by atoms with Crippen LogP contribution in [-0.2, 0) is 19.7 Å². The summed E-state index contributed by atoms with van der Waals surface area (Å²) < 4.78 is 24.4. The molecule has 0 aromatic heterocycles. The Hall–Kier alpha value is -3.12. The minimum atomic E-state index is -3.54. The molecule has 0 spiro atoms. The molecule has 0 saturated carbocycles. The van der Waals surface area contributed by atoms with Crippen molar-refractivity contribution < 1.29 is 23.4 Å². The van der Waals surface area contributed by atoms with Crippen LogP contribution < -0.4 is 0 Å². The third-order valence-electron chi connectivity index (χ3n) is 4.29. The van der Waals surface area contributed by atoms with Crippen molar-refractivity contribution in [1.82, 2.24) is 0 Å². The molecule has 0 fully saturated rings. The Balaban J connectivity index is 2.32. The predicted molar refractivity (Wildman–Crippen MR) is 101 cm³/mol. The molecule has 1 atom stereocenters. The topological polar surface area (TPSA) is 91.3 Å². The molecule has 137 valence electrons. The standard InChI is InChI=1S/C21H17O5S/c1-27(25,26)19-10-6-5-9-17(19)16-12-11-15(22)13-18(16)20(21(23)24)14-7-3-2-4-8-14/h2-13,20H,1H3,(H,23,24). The van der Waals surface area contributed by atoms with Gasteiger partial charge in [0.2, 0.25) is 0 Å². The van der Waals surface area contributed by atoms with E-state index in [0.29, 0.717) is 16.7 Å². The summed E-state index contributed by atoms with van der Waals surface area (Å²) in [6.07, 6.45) is 1.10. The zero-order chi connectivity index (χ0) is 19.6. The van der Waals surface area contributed by atoms with E-state index in [1.807, 2.05) is 0 Å². The molecule has 0 heterocycles. The molecule has 0 saturated heterocycles. The third-order valence-corrected chi connectivity index (χ3v) is 5.45. The third kappa shape index (κ3) is 3.85. The van der Waals surface area contributed by atoms with Crippen molar-refractivity contribution >= 4 is 15.8 Å². The van der Waals surface area contributed by atoms with E-state index >= 15 is 0 Å². The van der Waals surface area contributed by atoms with Crippen molar-refractivity contribution in [3.8, 4) is 16.9 Å². The monoisotopic (exact) mass is 381 g/mol. The Bertz CT molecular complexity index is 1090. The van der Waals surface area contributed by atoms with Gasteiger partial charge in [-0.15, -0.1) is 0 Å². The van der Waals surface area contributed by atoms with E-state index in [-0.39, 0.29) is 16.2 Å². The Morgan fingerprint density at radius 2 is 1.52 bits per heavy atom. The number of sulfone groups is 1. The quantitative estimate of drug-likeness (QED) is 0.720. The van der Waals surface area contributed by atoms with Gasteiger partial charge < -0.3 is 5.11 Å². The Kier molecular flexibility index (Phi) is 5.01. The molecule has 3 aromatic carbocycles. The van der Waals surface area contributed by atoms with Crippen molar-refractivity contribution in [3.05, 3.63) is 83.9 Å². The van der Waals surface area contributed by atoms with E-state index in [1.165, 1.54) is 24.3 Å². The number of rotatable bonds is 5. The average molecular weight is 381 g/mol. The lowest BCUT2D eigenvalue weighted by Gasteiger charge is -2.19. The SMILES string of the molecule is CS(=O)(=O)c1ccccc1-c1ccc([O])cc1C(C(=O)O)c1ccccc1. The van der Waals surface area contributed by atoms with E-state index < -0.39 is 21.7 Å². The van der Waals surface area contributed by atoms with Gasteiger partial charge in [-0.25, -0.2) is 8.42 Å². The number of hydrogen-bond donors (Lipinski definition) is 1. The second-order valence-electron chi connectivity index (χ2n) is 6.20. The lowest BCUT2D eigenvalue weighted by molar-refractivity contribution is -0.137. The first kappa shape index (κ1) is 18.7. The highest BCUT2D eigenvalue weighted by Crippen LogP contribution is 2.38. The first-order chi connectivity index (χ1) is 12.8.